The maximum absolute atomic E-state index is 13.5. The topological polar surface area (TPSA) is 24.9 Å². The third kappa shape index (κ3) is 3.45. The van der Waals surface area contributed by atoms with Crippen LogP contribution in [0.25, 0.3) is 0 Å². The number of rotatable bonds is 4. The average molecular weight is 319 g/mol. The van der Waals surface area contributed by atoms with E-state index in [1.165, 1.54) is 12.1 Å². The summed E-state index contributed by atoms with van der Waals surface area (Å²) < 4.78 is 13.5. The quantitative estimate of drug-likeness (QED) is 0.802. The van der Waals surface area contributed by atoms with Gasteiger partial charge in [-0.15, -0.1) is 11.3 Å². The minimum absolute atomic E-state index is 0.0360. The predicted octanol–water partition coefficient (Wildman–Crippen LogP) is 5.00. The molecule has 1 aromatic carbocycles. The maximum atomic E-state index is 13.5. The van der Waals surface area contributed by atoms with Crippen LogP contribution in [0.15, 0.2) is 23.7 Å². The van der Waals surface area contributed by atoms with Crippen molar-refractivity contribution in [2.75, 3.05) is 0 Å². The molecule has 0 aliphatic heterocycles. The van der Waals surface area contributed by atoms with Gasteiger partial charge in [0.15, 0.2) is 0 Å². The summed E-state index contributed by atoms with van der Waals surface area (Å²) in [5, 5.41) is 6.74. The van der Waals surface area contributed by atoms with E-state index in [0.29, 0.717) is 10.6 Å². The molecule has 0 saturated heterocycles. The van der Waals surface area contributed by atoms with Gasteiger partial charge in [-0.1, -0.05) is 23.2 Å². The number of nitrogens with one attached hydrogen (secondary N) is 1. The molecule has 1 N–H and O–H groups in total. The molecule has 0 radical (unpaired) electrons. The van der Waals surface area contributed by atoms with Crippen LogP contribution in [0.4, 0.5) is 4.39 Å². The number of benzene rings is 1. The lowest BCUT2D eigenvalue weighted by Crippen LogP contribution is -2.22. The molecular weight excluding hydrogens is 306 g/mol. The van der Waals surface area contributed by atoms with Crippen molar-refractivity contribution >= 4 is 34.5 Å². The molecule has 0 aliphatic rings. The highest BCUT2D eigenvalue weighted by Gasteiger charge is 2.17. The average Bonchev–Trinajstić information content (AvgIpc) is 2.87. The van der Waals surface area contributed by atoms with Crippen LogP contribution in [0.1, 0.15) is 36.5 Å². The van der Waals surface area contributed by atoms with Crippen molar-refractivity contribution in [1.29, 1.82) is 0 Å². The summed E-state index contributed by atoms with van der Waals surface area (Å²) in [4.78, 5) is 4.24. The predicted molar refractivity (Wildman–Crippen MR) is 78.5 cm³/mol. The molecule has 2 nitrogen and oxygen atoms in total. The van der Waals surface area contributed by atoms with Gasteiger partial charge in [0.1, 0.15) is 10.8 Å². The van der Waals surface area contributed by atoms with Crippen LogP contribution in [0.5, 0.6) is 0 Å². The van der Waals surface area contributed by atoms with Gasteiger partial charge in [-0.05, 0) is 31.5 Å². The van der Waals surface area contributed by atoms with E-state index in [2.05, 4.69) is 10.3 Å². The Morgan fingerprint density at radius 1 is 1.21 bits per heavy atom. The number of thiazole rings is 1. The minimum atomic E-state index is -0.461. The molecule has 2 aromatic rings. The Kier molecular flexibility index (Phi) is 4.79. The van der Waals surface area contributed by atoms with E-state index in [1.807, 2.05) is 19.2 Å². The second-order valence-corrected chi connectivity index (χ2v) is 6.01. The third-order valence-corrected chi connectivity index (χ3v) is 4.40. The van der Waals surface area contributed by atoms with Crippen LogP contribution in [0.2, 0.25) is 10.0 Å². The highest BCUT2D eigenvalue weighted by Crippen LogP contribution is 2.30. The van der Waals surface area contributed by atoms with Gasteiger partial charge in [0, 0.05) is 22.6 Å². The first-order valence-electron chi connectivity index (χ1n) is 5.79. The maximum Gasteiger partial charge on any atom is 0.142 e. The second-order valence-electron chi connectivity index (χ2n) is 4.27. The fourth-order valence-corrected chi connectivity index (χ4v) is 3.06. The number of hydrogen-bond donors (Lipinski definition) is 1. The molecule has 2 unspecified atom stereocenters. The molecule has 1 heterocycles. The van der Waals surface area contributed by atoms with Gasteiger partial charge in [-0.3, -0.25) is 0 Å². The van der Waals surface area contributed by atoms with Gasteiger partial charge >= 0.3 is 0 Å². The SMILES string of the molecule is CC(NC(C)c1cc(F)c(Cl)cc1Cl)c1nccs1. The van der Waals surface area contributed by atoms with E-state index in [9.17, 15) is 4.39 Å². The summed E-state index contributed by atoms with van der Waals surface area (Å²) in [6, 6.07) is 2.78. The van der Waals surface area contributed by atoms with Crippen LogP contribution < -0.4 is 5.32 Å². The van der Waals surface area contributed by atoms with E-state index in [-0.39, 0.29) is 17.1 Å². The summed E-state index contributed by atoms with van der Waals surface area (Å²) in [7, 11) is 0. The normalized spacial score (nSPS) is 14.4. The van der Waals surface area contributed by atoms with Gasteiger partial charge in [-0.2, -0.15) is 0 Å². The molecule has 19 heavy (non-hydrogen) atoms. The fourth-order valence-electron chi connectivity index (χ4n) is 1.85. The van der Waals surface area contributed by atoms with Crippen molar-refractivity contribution in [3.63, 3.8) is 0 Å². The number of hydrogen-bond acceptors (Lipinski definition) is 3. The zero-order valence-corrected chi connectivity index (χ0v) is 12.8. The van der Waals surface area contributed by atoms with E-state index >= 15 is 0 Å². The highest BCUT2D eigenvalue weighted by molar-refractivity contribution is 7.09. The molecule has 0 bridgehead atoms. The van der Waals surface area contributed by atoms with Crippen molar-refractivity contribution < 1.29 is 4.39 Å². The van der Waals surface area contributed by atoms with Crippen molar-refractivity contribution in [3.8, 4) is 0 Å². The van der Waals surface area contributed by atoms with Gasteiger partial charge in [0.2, 0.25) is 0 Å². The van der Waals surface area contributed by atoms with E-state index in [0.717, 1.165) is 5.01 Å². The lowest BCUT2D eigenvalue weighted by Gasteiger charge is -2.20. The Bertz CT molecular complexity index is 560. The molecule has 6 heteroatoms. The number of aromatic nitrogens is 1. The monoisotopic (exact) mass is 318 g/mol. The standard InChI is InChI=1S/C13H13Cl2FN2S/c1-7(18-8(2)13-17-3-4-19-13)9-5-12(16)11(15)6-10(9)14/h3-8,18H,1-2H3. The number of nitrogens with zero attached hydrogens (tertiary/aromatic N) is 1. The van der Waals surface area contributed by atoms with Crippen molar-refractivity contribution in [2.45, 2.75) is 25.9 Å². The van der Waals surface area contributed by atoms with Gasteiger partial charge in [0.05, 0.1) is 11.1 Å². The van der Waals surface area contributed by atoms with E-state index in [1.54, 1.807) is 17.5 Å². The smallest absolute Gasteiger partial charge is 0.142 e. The first-order valence-corrected chi connectivity index (χ1v) is 7.42. The minimum Gasteiger partial charge on any atom is -0.301 e. The summed E-state index contributed by atoms with van der Waals surface area (Å²) in [5.74, 6) is -0.461. The van der Waals surface area contributed by atoms with Crippen LogP contribution in [0.3, 0.4) is 0 Å². The Hall–Kier alpha value is -0.680. The Balaban J connectivity index is 2.16. The first-order chi connectivity index (χ1) is 8.99. The summed E-state index contributed by atoms with van der Waals surface area (Å²) in [5.41, 5.74) is 0.687. The number of halogens is 3. The molecular formula is C13H13Cl2FN2S. The Labute approximate surface area is 125 Å². The molecule has 2 atom stereocenters. The summed E-state index contributed by atoms with van der Waals surface area (Å²) >= 11 is 13.4. The van der Waals surface area contributed by atoms with Crippen LogP contribution in [-0.4, -0.2) is 4.98 Å². The van der Waals surface area contributed by atoms with Crippen LogP contribution in [0, 0.1) is 5.82 Å². The van der Waals surface area contributed by atoms with Crippen molar-refractivity contribution in [2.24, 2.45) is 0 Å². The molecule has 0 fully saturated rings. The Morgan fingerprint density at radius 3 is 2.58 bits per heavy atom. The molecule has 0 saturated carbocycles. The molecule has 1 aromatic heterocycles. The zero-order valence-electron chi connectivity index (χ0n) is 10.5. The second kappa shape index (κ2) is 6.18. The third-order valence-electron chi connectivity index (χ3n) is 2.83. The van der Waals surface area contributed by atoms with E-state index in [4.69, 9.17) is 23.2 Å². The first kappa shape index (κ1) is 14.7. The van der Waals surface area contributed by atoms with Crippen LogP contribution in [-0.2, 0) is 0 Å². The van der Waals surface area contributed by atoms with Gasteiger partial charge in [-0.25, -0.2) is 9.37 Å². The molecule has 0 aliphatic carbocycles. The zero-order chi connectivity index (χ0) is 14.0. The molecule has 2 rings (SSSR count). The lowest BCUT2D eigenvalue weighted by atomic mass is 10.1. The summed E-state index contributed by atoms with van der Waals surface area (Å²) in [6.07, 6.45) is 1.76. The largest absolute Gasteiger partial charge is 0.301 e. The van der Waals surface area contributed by atoms with Crippen molar-refractivity contribution in [1.82, 2.24) is 10.3 Å². The van der Waals surface area contributed by atoms with E-state index < -0.39 is 5.82 Å². The lowest BCUT2D eigenvalue weighted by molar-refractivity contribution is 0.490. The van der Waals surface area contributed by atoms with Gasteiger partial charge in [0.25, 0.3) is 0 Å². The van der Waals surface area contributed by atoms with Crippen LogP contribution >= 0.6 is 34.5 Å². The fraction of sp³-hybridized carbons (Fsp3) is 0.308. The molecule has 102 valence electrons. The molecule has 0 amide bonds. The van der Waals surface area contributed by atoms with Gasteiger partial charge < -0.3 is 5.32 Å². The summed E-state index contributed by atoms with van der Waals surface area (Å²) in [6.45, 7) is 3.94. The highest BCUT2D eigenvalue weighted by atomic mass is 35.5. The Morgan fingerprint density at radius 2 is 1.95 bits per heavy atom. The van der Waals surface area contributed by atoms with Crippen molar-refractivity contribution in [3.05, 3.63) is 50.1 Å². The molecule has 0 spiro atoms.